The second-order valence-corrected chi connectivity index (χ2v) is 5.68. The number of nitrogens with zero attached hydrogens (tertiary/aromatic N) is 2. The number of nitrogens with one attached hydrogen (secondary N) is 1. The molecule has 0 amide bonds. The Morgan fingerprint density at radius 1 is 1.08 bits per heavy atom. The molecule has 7 nitrogen and oxygen atoms in total. The minimum absolute atomic E-state index is 0.206. The largest absolute Gasteiger partial charge is 0.493 e. The summed E-state index contributed by atoms with van der Waals surface area (Å²) in [4.78, 5) is 15.6. The third-order valence-electron chi connectivity index (χ3n) is 3.79. The molecule has 8 heteroatoms. The first-order valence-corrected chi connectivity index (χ1v) is 8.08. The molecule has 0 spiro atoms. The molecule has 0 unspecified atom stereocenters. The fourth-order valence-corrected chi connectivity index (χ4v) is 2.80. The zero-order chi connectivity index (χ0) is 18.7. The van der Waals surface area contributed by atoms with Crippen LogP contribution in [0.15, 0.2) is 46.3 Å². The lowest BCUT2D eigenvalue weighted by Crippen LogP contribution is -2.18. The summed E-state index contributed by atoms with van der Waals surface area (Å²) < 4.78 is 17.3. The van der Waals surface area contributed by atoms with Gasteiger partial charge in [0.15, 0.2) is 11.5 Å². The van der Waals surface area contributed by atoms with E-state index in [1.807, 2.05) is 6.07 Å². The number of H-pyrrole nitrogens is 1. The lowest BCUT2D eigenvalue weighted by atomic mass is 10.2. The Kier molecular flexibility index (Phi) is 5.04. The maximum Gasteiger partial charge on any atom is 0.282 e. The van der Waals surface area contributed by atoms with Crippen LogP contribution in [0.4, 0.5) is 0 Å². The third-order valence-corrected chi connectivity index (χ3v) is 4.07. The van der Waals surface area contributed by atoms with Crippen molar-refractivity contribution >= 4 is 29.3 Å². The summed E-state index contributed by atoms with van der Waals surface area (Å²) >= 11 is 5.24. The number of hydrogen-bond donors (Lipinski definition) is 1. The molecule has 3 rings (SSSR count). The topological polar surface area (TPSA) is 77.8 Å². The van der Waals surface area contributed by atoms with E-state index in [9.17, 15) is 4.79 Å². The number of aromatic nitrogens is 2. The molecule has 3 aromatic rings. The number of methoxy groups -OCH3 is 3. The van der Waals surface area contributed by atoms with Crippen molar-refractivity contribution in [1.29, 1.82) is 0 Å². The Morgan fingerprint density at radius 3 is 2.35 bits per heavy atom. The second kappa shape index (κ2) is 7.40. The molecule has 2 aromatic carbocycles. The van der Waals surface area contributed by atoms with Crippen LogP contribution >= 0.6 is 12.2 Å². The van der Waals surface area contributed by atoms with Crippen LogP contribution in [0.5, 0.6) is 17.2 Å². The summed E-state index contributed by atoms with van der Waals surface area (Å²) in [6.07, 6.45) is 1.50. The molecule has 1 heterocycles. The molecule has 0 aliphatic rings. The number of hydrogen-bond acceptors (Lipinski definition) is 6. The molecule has 0 saturated carbocycles. The minimum atomic E-state index is -0.298. The van der Waals surface area contributed by atoms with Crippen LogP contribution in [0.3, 0.4) is 0 Å². The van der Waals surface area contributed by atoms with Crippen molar-refractivity contribution in [2.45, 2.75) is 0 Å². The Bertz CT molecular complexity index is 1080. The average molecular weight is 371 g/mol. The molecule has 134 valence electrons. The lowest BCUT2D eigenvalue weighted by molar-refractivity contribution is 0.324. The quantitative estimate of drug-likeness (QED) is 0.551. The third kappa shape index (κ3) is 3.18. The van der Waals surface area contributed by atoms with Gasteiger partial charge in [-0.1, -0.05) is 12.1 Å². The molecule has 1 aromatic heterocycles. The van der Waals surface area contributed by atoms with Gasteiger partial charge in [-0.3, -0.25) is 4.79 Å². The summed E-state index contributed by atoms with van der Waals surface area (Å²) in [5.41, 5.74) is 1.03. The number of ether oxygens (including phenoxy) is 3. The van der Waals surface area contributed by atoms with Crippen LogP contribution in [0.25, 0.3) is 10.9 Å². The Labute approximate surface area is 154 Å². The second-order valence-electron chi connectivity index (χ2n) is 5.30. The molecule has 0 aliphatic carbocycles. The van der Waals surface area contributed by atoms with E-state index in [1.165, 1.54) is 27.5 Å². The molecule has 0 radical (unpaired) electrons. The maximum atomic E-state index is 12.6. The van der Waals surface area contributed by atoms with Gasteiger partial charge in [-0.25, -0.2) is 0 Å². The highest BCUT2D eigenvalue weighted by Crippen LogP contribution is 2.37. The summed E-state index contributed by atoms with van der Waals surface area (Å²) in [5, 5.41) is 4.73. The predicted molar refractivity (Wildman–Crippen MR) is 102 cm³/mol. The number of benzene rings is 2. The normalized spacial score (nSPS) is 11.0. The van der Waals surface area contributed by atoms with Gasteiger partial charge in [0, 0.05) is 5.56 Å². The van der Waals surface area contributed by atoms with Crippen LogP contribution in [0.2, 0.25) is 0 Å². The van der Waals surface area contributed by atoms with E-state index < -0.39 is 0 Å². The first-order chi connectivity index (χ1) is 12.6. The van der Waals surface area contributed by atoms with E-state index in [0.29, 0.717) is 33.7 Å². The fourth-order valence-electron chi connectivity index (χ4n) is 2.56. The Hall–Kier alpha value is -3.13. The predicted octanol–water partition coefficient (Wildman–Crippen LogP) is 2.97. The summed E-state index contributed by atoms with van der Waals surface area (Å²) in [6, 6.07) is 10.6. The molecule has 0 bridgehead atoms. The van der Waals surface area contributed by atoms with Crippen molar-refractivity contribution in [2.75, 3.05) is 21.3 Å². The van der Waals surface area contributed by atoms with E-state index in [4.69, 9.17) is 26.4 Å². The van der Waals surface area contributed by atoms with Gasteiger partial charge >= 0.3 is 0 Å². The van der Waals surface area contributed by atoms with Gasteiger partial charge in [-0.2, -0.15) is 9.78 Å². The van der Waals surface area contributed by atoms with Gasteiger partial charge < -0.3 is 19.2 Å². The number of fused-ring (bicyclic) bond motifs is 1. The first-order valence-electron chi connectivity index (χ1n) is 7.67. The van der Waals surface area contributed by atoms with Gasteiger partial charge in [0.1, 0.15) is 0 Å². The highest BCUT2D eigenvalue weighted by Gasteiger charge is 2.12. The number of rotatable bonds is 5. The van der Waals surface area contributed by atoms with Crippen LogP contribution in [0, 0.1) is 4.77 Å². The lowest BCUT2D eigenvalue weighted by Gasteiger charge is -2.12. The van der Waals surface area contributed by atoms with E-state index >= 15 is 0 Å². The van der Waals surface area contributed by atoms with Gasteiger partial charge in [0.2, 0.25) is 10.5 Å². The van der Waals surface area contributed by atoms with Crippen LogP contribution in [-0.4, -0.2) is 37.2 Å². The average Bonchev–Trinajstić information content (AvgIpc) is 2.66. The Balaban J connectivity index is 2.10. The highest BCUT2D eigenvalue weighted by atomic mass is 32.1. The monoisotopic (exact) mass is 371 g/mol. The van der Waals surface area contributed by atoms with Gasteiger partial charge in [-0.15, -0.1) is 0 Å². The molecule has 0 atom stereocenters. The van der Waals surface area contributed by atoms with Crippen molar-refractivity contribution in [3.8, 4) is 17.2 Å². The van der Waals surface area contributed by atoms with Crippen LogP contribution in [0.1, 0.15) is 5.56 Å². The molecule has 0 fully saturated rings. The fraction of sp³-hybridized carbons (Fsp3) is 0.167. The molecule has 0 aliphatic heterocycles. The molecule has 0 saturated heterocycles. The summed E-state index contributed by atoms with van der Waals surface area (Å²) in [7, 11) is 4.59. The van der Waals surface area contributed by atoms with E-state index in [1.54, 1.807) is 30.3 Å². The highest BCUT2D eigenvalue weighted by molar-refractivity contribution is 7.71. The van der Waals surface area contributed by atoms with E-state index in [0.717, 1.165) is 4.68 Å². The van der Waals surface area contributed by atoms with Crippen molar-refractivity contribution in [2.24, 2.45) is 5.10 Å². The molecule has 26 heavy (non-hydrogen) atoms. The zero-order valence-corrected chi connectivity index (χ0v) is 15.3. The summed E-state index contributed by atoms with van der Waals surface area (Å²) in [5.74, 6) is 1.46. The molecule has 1 N–H and O–H groups in total. The van der Waals surface area contributed by atoms with E-state index in [2.05, 4.69) is 10.1 Å². The van der Waals surface area contributed by atoms with Crippen LogP contribution in [-0.2, 0) is 0 Å². The number of para-hydroxylation sites is 1. The van der Waals surface area contributed by atoms with Gasteiger partial charge in [0.05, 0.1) is 38.4 Å². The smallest absolute Gasteiger partial charge is 0.282 e. The van der Waals surface area contributed by atoms with Crippen LogP contribution < -0.4 is 19.8 Å². The minimum Gasteiger partial charge on any atom is -0.493 e. The van der Waals surface area contributed by atoms with Crippen molar-refractivity contribution in [3.05, 3.63) is 57.1 Å². The van der Waals surface area contributed by atoms with E-state index in [-0.39, 0.29) is 10.3 Å². The maximum absolute atomic E-state index is 12.6. The SMILES string of the molecule is COc1cc(/C=N\n2c(=S)[nH]c3ccccc3c2=O)cc(OC)c1OC. The number of aromatic amines is 1. The van der Waals surface area contributed by atoms with Crippen molar-refractivity contribution < 1.29 is 14.2 Å². The zero-order valence-electron chi connectivity index (χ0n) is 14.5. The molecular weight excluding hydrogens is 354 g/mol. The first kappa shape index (κ1) is 17.7. The van der Waals surface area contributed by atoms with Gasteiger partial charge in [0.25, 0.3) is 5.56 Å². The Morgan fingerprint density at radius 2 is 1.73 bits per heavy atom. The summed E-state index contributed by atoms with van der Waals surface area (Å²) in [6.45, 7) is 0. The molecular formula is C18H17N3O4S. The van der Waals surface area contributed by atoms with Crippen molar-refractivity contribution in [1.82, 2.24) is 9.66 Å². The standard InChI is InChI=1S/C18H17N3O4S/c1-23-14-8-11(9-15(24-2)16(14)25-3)10-19-21-17(22)12-6-4-5-7-13(12)20-18(21)26/h4-10H,1-3H3,(H,20,26)/b19-10-. The van der Waals surface area contributed by atoms with Gasteiger partial charge in [-0.05, 0) is 36.5 Å². The van der Waals surface area contributed by atoms with Crippen molar-refractivity contribution in [3.63, 3.8) is 0 Å².